The zero-order valence-electron chi connectivity index (χ0n) is 12.8. The van der Waals surface area contributed by atoms with Gasteiger partial charge in [0.05, 0.1) is 7.11 Å². The molecule has 0 saturated heterocycles. The molecule has 1 aromatic carbocycles. The molecule has 0 spiro atoms. The molecule has 1 saturated carbocycles. The number of rotatable bonds is 4. The van der Waals surface area contributed by atoms with Crippen LogP contribution in [-0.4, -0.2) is 19.1 Å². The van der Waals surface area contributed by atoms with Crippen molar-refractivity contribution < 1.29 is 13.9 Å². The van der Waals surface area contributed by atoms with E-state index in [0.29, 0.717) is 11.8 Å². The molecule has 116 valence electrons. The number of amides is 1. The highest BCUT2D eigenvalue weighted by molar-refractivity contribution is 5.92. The summed E-state index contributed by atoms with van der Waals surface area (Å²) >= 11 is 0. The second-order valence-corrected chi connectivity index (χ2v) is 5.73. The van der Waals surface area contributed by atoms with Crippen LogP contribution in [0.15, 0.2) is 34.8 Å². The predicted octanol–water partition coefficient (Wildman–Crippen LogP) is 3.90. The molecule has 1 aliphatic carbocycles. The van der Waals surface area contributed by atoms with Gasteiger partial charge in [0, 0.05) is 17.5 Å². The monoisotopic (exact) mass is 299 g/mol. The average molecular weight is 299 g/mol. The smallest absolute Gasteiger partial charge is 0.244 e. The maximum absolute atomic E-state index is 11.9. The first-order chi connectivity index (χ1) is 10.7. The van der Waals surface area contributed by atoms with Gasteiger partial charge in [0.1, 0.15) is 17.1 Å². The molecule has 1 N–H and O–H groups in total. The van der Waals surface area contributed by atoms with Crippen LogP contribution >= 0.6 is 0 Å². The average Bonchev–Trinajstić information content (AvgIpc) is 2.95. The van der Waals surface area contributed by atoms with Crippen LogP contribution in [0.4, 0.5) is 0 Å². The van der Waals surface area contributed by atoms with E-state index in [2.05, 4.69) is 5.32 Å². The number of methoxy groups -OCH3 is 1. The fraction of sp³-hybridized carbons (Fsp3) is 0.389. The van der Waals surface area contributed by atoms with E-state index in [1.807, 2.05) is 24.3 Å². The third-order valence-corrected chi connectivity index (χ3v) is 4.09. The maximum atomic E-state index is 11.9. The fourth-order valence-corrected chi connectivity index (χ4v) is 2.91. The van der Waals surface area contributed by atoms with Gasteiger partial charge < -0.3 is 14.5 Å². The molecule has 1 heterocycles. The third-order valence-electron chi connectivity index (χ3n) is 4.09. The third kappa shape index (κ3) is 3.50. The molecular formula is C18H21NO3. The number of furan rings is 1. The van der Waals surface area contributed by atoms with Crippen LogP contribution in [0, 0.1) is 0 Å². The first-order valence-corrected chi connectivity index (χ1v) is 7.81. The zero-order chi connectivity index (χ0) is 15.4. The van der Waals surface area contributed by atoms with Crippen molar-refractivity contribution in [1.29, 1.82) is 0 Å². The number of carbonyl (C=O) groups is 1. The van der Waals surface area contributed by atoms with Gasteiger partial charge in [-0.1, -0.05) is 19.3 Å². The topological polar surface area (TPSA) is 51.5 Å². The molecule has 3 rings (SSSR count). The molecule has 0 bridgehead atoms. The van der Waals surface area contributed by atoms with Crippen molar-refractivity contribution in [3.63, 3.8) is 0 Å². The summed E-state index contributed by atoms with van der Waals surface area (Å²) in [5.41, 5.74) is 0.785. The molecule has 0 unspecified atom stereocenters. The minimum absolute atomic E-state index is 0.0510. The minimum atomic E-state index is -0.0510. The molecule has 0 aliphatic heterocycles. The molecule has 0 radical (unpaired) electrons. The summed E-state index contributed by atoms with van der Waals surface area (Å²) in [5, 5.41) is 4.02. The van der Waals surface area contributed by atoms with Crippen LogP contribution in [0.1, 0.15) is 37.9 Å². The zero-order valence-corrected chi connectivity index (χ0v) is 12.8. The van der Waals surface area contributed by atoms with Crippen molar-refractivity contribution >= 4 is 23.0 Å². The van der Waals surface area contributed by atoms with Crippen LogP contribution in [-0.2, 0) is 4.79 Å². The predicted molar refractivity (Wildman–Crippen MR) is 86.8 cm³/mol. The molecule has 1 aromatic heterocycles. The summed E-state index contributed by atoms with van der Waals surface area (Å²) in [7, 11) is 1.64. The van der Waals surface area contributed by atoms with E-state index in [-0.39, 0.29) is 5.91 Å². The Morgan fingerprint density at radius 1 is 1.27 bits per heavy atom. The van der Waals surface area contributed by atoms with Gasteiger partial charge in [-0.3, -0.25) is 4.79 Å². The Morgan fingerprint density at radius 2 is 2.09 bits per heavy atom. The molecule has 1 aliphatic rings. The van der Waals surface area contributed by atoms with E-state index in [4.69, 9.17) is 9.15 Å². The fourth-order valence-electron chi connectivity index (χ4n) is 2.91. The van der Waals surface area contributed by atoms with E-state index in [1.54, 1.807) is 19.3 Å². The van der Waals surface area contributed by atoms with Crippen molar-refractivity contribution in [1.82, 2.24) is 5.32 Å². The second-order valence-electron chi connectivity index (χ2n) is 5.73. The largest absolute Gasteiger partial charge is 0.497 e. The minimum Gasteiger partial charge on any atom is -0.497 e. The highest BCUT2D eigenvalue weighted by Crippen LogP contribution is 2.24. The summed E-state index contributed by atoms with van der Waals surface area (Å²) in [6, 6.07) is 7.87. The van der Waals surface area contributed by atoms with Crippen LogP contribution in [0.25, 0.3) is 17.0 Å². The SMILES string of the molecule is COc1ccc2oc(/C=C/C(=O)NC3CCCCC3)cc2c1. The lowest BCUT2D eigenvalue weighted by atomic mass is 9.95. The Morgan fingerprint density at radius 3 is 2.86 bits per heavy atom. The number of benzene rings is 1. The Kier molecular flexibility index (Phi) is 4.47. The highest BCUT2D eigenvalue weighted by atomic mass is 16.5. The molecule has 2 aromatic rings. The summed E-state index contributed by atoms with van der Waals surface area (Å²) in [5.74, 6) is 1.41. The number of fused-ring (bicyclic) bond motifs is 1. The summed E-state index contributed by atoms with van der Waals surface area (Å²) in [6.07, 6.45) is 9.13. The first kappa shape index (κ1) is 14.7. The standard InChI is InChI=1S/C18H21NO3/c1-21-15-7-9-17-13(11-15)12-16(22-17)8-10-18(20)19-14-5-3-2-4-6-14/h7-12,14H,2-6H2,1H3,(H,19,20)/b10-8+. The number of ether oxygens (including phenoxy) is 1. The Balaban J connectivity index is 1.65. The van der Waals surface area contributed by atoms with E-state index in [9.17, 15) is 4.79 Å². The lowest BCUT2D eigenvalue weighted by molar-refractivity contribution is -0.117. The number of hydrogen-bond acceptors (Lipinski definition) is 3. The maximum Gasteiger partial charge on any atom is 0.244 e. The van der Waals surface area contributed by atoms with Crippen molar-refractivity contribution in [2.75, 3.05) is 7.11 Å². The summed E-state index contributed by atoms with van der Waals surface area (Å²) < 4.78 is 10.9. The highest BCUT2D eigenvalue weighted by Gasteiger charge is 2.14. The Bertz CT molecular complexity index is 681. The molecule has 4 nitrogen and oxygen atoms in total. The first-order valence-electron chi connectivity index (χ1n) is 7.81. The number of carbonyl (C=O) groups excluding carboxylic acids is 1. The number of nitrogens with one attached hydrogen (secondary N) is 1. The van der Waals surface area contributed by atoms with Crippen molar-refractivity contribution in [2.24, 2.45) is 0 Å². The summed E-state index contributed by atoms with van der Waals surface area (Å²) in [6.45, 7) is 0. The van der Waals surface area contributed by atoms with Crippen LogP contribution < -0.4 is 10.1 Å². The molecule has 1 amide bonds. The van der Waals surface area contributed by atoms with Gasteiger partial charge in [-0.05, 0) is 43.2 Å². The Labute approximate surface area is 130 Å². The van der Waals surface area contributed by atoms with Gasteiger partial charge in [-0.25, -0.2) is 0 Å². The van der Waals surface area contributed by atoms with Crippen LogP contribution in [0.3, 0.4) is 0 Å². The van der Waals surface area contributed by atoms with Gasteiger partial charge in [0.25, 0.3) is 0 Å². The quantitative estimate of drug-likeness (QED) is 0.871. The van der Waals surface area contributed by atoms with Gasteiger partial charge in [-0.2, -0.15) is 0 Å². The van der Waals surface area contributed by atoms with Crippen molar-refractivity contribution in [2.45, 2.75) is 38.1 Å². The van der Waals surface area contributed by atoms with Gasteiger partial charge >= 0.3 is 0 Å². The van der Waals surface area contributed by atoms with Crippen LogP contribution in [0.5, 0.6) is 5.75 Å². The van der Waals surface area contributed by atoms with Gasteiger partial charge in [-0.15, -0.1) is 0 Å². The van der Waals surface area contributed by atoms with Crippen molar-refractivity contribution in [3.05, 3.63) is 36.1 Å². The molecule has 22 heavy (non-hydrogen) atoms. The lowest BCUT2D eigenvalue weighted by Gasteiger charge is -2.21. The molecule has 4 heteroatoms. The van der Waals surface area contributed by atoms with E-state index >= 15 is 0 Å². The molecule has 0 atom stereocenters. The van der Waals surface area contributed by atoms with Gasteiger partial charge in [0.2, 0.25) is 5.91 Å². The van der Waals surface area contributed by atoms with E-state index in [0.717, 1.165) is 29.6 Å². The normalized spacial score (nSPS) is 16.2. The lowest BCUT2D eigenvalue weighted by Crippen LogP contribution is -2.34. The summed E-state index contributed by atoms with van der Waals surface area (Å²) in [4.78, 5) is 11.9. The van der Waals surface area contributed by atoms with E-state index < -0.39 is 0 Å². The van der Waals surface area contributed by atoms with Crippen molar-refractivity contribution in [3.8, 4) is 5.75 Å². The Hall–Kier alpha value is -2.23. The van der Waals surface area contributed by atoms with Crippen LogP contribution in [0.2, 0.25) is 0 Å². The molecular weight excluding hydrogens is 278 g/mol. The second kappa shape index (κ2) is 6.69. The van der Waals surface area contributed by atoms with Gasteiger partial charge in [0.15, 0.2) is 0 Å². The number of hydrogen-bond donors (Lipinski definition) is 1. The molecule has 1 fully saturated rings. The van der Waals surface area contributed by atoms with E-state index in [1.165, 1.54) is 19.3 Å².